The highest BCUT2D eigenvalue weighted by Gasteiger charge is 2.02. The minimum Gasteiger partial charge on any atom is -0.308 e. The van der Waals surface area contributed by atoms with Crippen LogP contribution >= 0.6 is 23.3 Å². The monoisotopic (exact) mass is 203 g/mol. The molecule has 0 bridgehead atoms. The van der Waals surface area contributed by atoms with E-state index in [0.29, 0.717) is 12.2 Å². The van der Waals surface area contributed by atoms with E-state index in [2.05, 4.69) is 14.9 Å². The number of thioether (sulfide) groups is 1. The van der Waals surface area contributed by atoms with Crippen molar-refractivity contribution >= 4 is 35.0 Å². The summed E-state index contributed by atoms with van der Waals surface area (Å²) in [5.41, 5.74) is 0. The first-order valence-electron chi connectivity index (χ1n) is 3.39. The van der Waals surface area contributed by atoms with Crippen LogP contribution in [0.15, 0.2) is 5.38 Å². The van der Waals surface area contributed by atoms with Crippen LogP contribution in [0.3, 0.4) is 0 Å². The second-order valence-electron chi connectivity index (χ2n) is 2.08. The fourth-order valence-electron chi connectivity index (χ4n) is 0.619. The molecule has 1 rings (SSSR count). The molecule has 0 atom stereocenters. The number of hydrogen-bond acceptors (Lipinski definition) is 5. The summed E-state index contributed by atoms with van der Waals surface area (Å²) < 4.78 is 3.63. The second kappa shape index (κ2) is 5.10. The average Bonchev–Trinajstić information content (AvgIpc) is 2.53. The van der Waals surface area contributed by atoms with E-state index < -0.39 is 0 Å². The van der Waals surface area contributed by atoms with Gasteiger partial charge in [-0.1, -0.05) is 4.49 Å². The number of carbonyl (C=O) groups is 1. The topological polar surface area (TPSA) is 54.9 Å². The molecule has 0 spiro atoms. The zero-order valence-electron chi connectivity index (χ0n) is 6.61. The van der Waals surface area contributed by atoms with Gasteiger partial charge in [0.1, 0.15) is 0 Å². The van der Waals surface area contributed by atoms with Crippen LogP contribution in [0, 0.1) is 0 Å². The summed E-state index contributed by atoms with van der Waals surface area (Å²) in [7, 11) is 0. The Morgan fingerprint density at radius 2 is 2.67 bits per heavy atom. The number of hydrogen-bond donors (Lipinski definition) is 1. The first kappa shape index (κ1) is 9.47. The van der Waals surface area contributed by atoms with Gasteiger partial charge in [0.2, 0.25) is 5.91 Å². The van der Waals surface area contributed by atoms with Gasteiger partial charge in [-0.25, -0.2) is 0 Å². The van der Waals surface area contributed by atoms with Gasteiger partial charge in [0, 0.05) is 12.2 Å². The van der Waals surface area contributed by atoms with Crippen molar-refractivity contribution in [3.05, 3.63) is 5.38 Å². The highest BCUT2D eigenvalue weighted by molar-refractivity contribution is 7.98. The number of nitrogens with zero attached hydrogens (tertiary/aromatic N) is 2. The Morgan fingerprint density at radius 1 is 1.83 bits per heavy atom. The molecule has 0 aromatic carbocycles. The van der Waals surface area contributed by atoms with E-state index in [9.17, 15) is 4.79 Å². The third-order valence-electron chi connectivity index (χ3n) is 1.16. The number of nitrogens with one attached hydrogen (secondary N) is 1. The van der Waals surface area contributed by atoms with E-state index in [1.54, 1.807) is 17.1 Å². The summed E-state index contributed by atoms with van der Waals surface area (Å²) in [4.78, 5) is 11.1. The third kappa shape index (κ3) is 3.19. The molecule has 12 heavy (non-hydrogen) atoms. The van der Waals surface area contributed by atoms with E-state index in [4.69, 9.17) is 0 Å². The van der Waals surface area contributed by atoms with Gasteiger partial charge >= 0.3 is 0 Å². The van der Waals surface area contributed by atoms with Crippen LogP contribution in [0.5, 0.6) is 0 Å². The number of aromatic nitrogens is 2. The van der Waals surface area contributed by atoms with E-state index in [1.165, 1.54) is 11.5 Å². The van der Waals surface area contributed by atoms with Gasteiger partial charge in [-0.05, 0) is 17.8 Å². The van der Waals surface area contributed by atoms with Gasteiger partial charge in [-0.15, -0.1) is 5.10 Å². The number of amides is 1. The molecule has 0 aliphatic carbocycles. The molecule has 4 nitrogen and oxygen atoms in total. The molecule has 0 unspecified atom stereocenters. The average molecular weight is 203 g/mol. The Bertz CT molecular complexity index is 237. The summed E-state index contributed by atoms with van der Waals surface area (Å²) in [6, 6.07) is 0. The lowest BCUT2D eigenvalue weighted by Gasteiger charge is -1.98. The Balaban J connectivity index is 2.27. The Morgan fingerprint density at radius 3 is 3.25 bits per heavy atom. The molecule has 6 heteroatoms. The number of anilines is 1. The van der Waals surface area contributed by atoms with Crippen LogP contribution in [-0.4, -0.2) is 27.5 Å². The van der Waals surface area contributed by atoms with Crippen molar-refractivity contribution in [2.24, 2.45) is 0 Å². The van der Waals surface area contributed by atoms with Gasteiger partial charge in [-0.2, -0.15) is 11.8 Å². The third-order valence-corrected chi connectivity index (χ3v) is 2.28. The highest BCUT2D eigenvalue weighted by Crippen LogP contribution is 2.04. The maximum absolute atomic E-state index is 11.1. The van der Waals surface area contributed by atoms with E-state index in [0.717, 1.165) is 5.75 Å². The zero-order valence-corrected chi connectivity index (χ0v) is 8.24. The van der Waals surface area contributed by atoms with Crippen LogP contribution in [0.4, 0.5) is 5.82 Å². The highest BCUT2D eigenvalue weighted by atomic mass is 32.2. The van der Waals surface area contributed by atoms with Gasteiger partial charge < -0.3 is 5.32 Å². The van der Waals surface area contributed by atoms with Crippen molar-refractivity contribution in [2.45, 2.75) is 6.42 Å². The van der Waals surface area contributed by atoms with Crippen LogP contribution in [0.1, 0.15) is 6.42 Å². The first-order chi connectivity index (χ1) is 5.83. The van der Waals surface area contributed by atoms with Crippen LogP contribution < -0.4 is 5.32 Å². The van der Waals surface area contributed by atoms with Crippen molar-refractivity contribution in [2.75, 3.05) is 17.3 Å². The molecule has 1 aromatic rings. The smallest absolute Gasteiger partial charge is 0.226 e. The zero-order chi connectivity index (χ0) is 8.81. The fourth-order valence-corrected chi connectivity index (χ4v) is 1.40. The van der Waals surface area contributed by atoms with Gasteiger partial charge in [0.15, 0.2) is 5.82 Å². The normalized spacial score (nSPS) is 9.75. The van der Waals surface area contributed by atoms with Crippen molar-refractivity contribution < 1.29 is 4.79 Å². The van der Waals surface area contributed by atoms with Crippen molar-refractivity contribution in [1.82, 2.24) is 9.59 Å². The summed E-state index contributed by atoms with van der Waals surface area (Å²) >= 11 is 2.87. The lowest BCUT2D eigenvalue weighted by Crippen LogP contribution is -2.12. The van der Waals surface area contributed by atoms with Crippen molar-refractivity contribution in [1.29, 1.82) is 0 Å². The standard InChI is InChI=1S/C6H9N3OS2/c1-11-3-2-6(10)7-5-4-12-9-8-5/h4H,2-3H2,1H3,(H,7,10). The molecule has 0 saturated heterocycles. The maximum atomic E-state index is 11.1. The molecule has 1 aromatic heterocycles. The predicted molar refractivity (Wildman–Crippen MR) is 51.5 cm³/mol. The molecule has 1 N–H and O–H groups in total. The first-order valence-corrected chi connectivity index (χ1v) is 5.62. The molecular weight excluding hydrogens is 194 g/mol. The Hall–Kier alpha value is -0.620. The van der Waals surface area contributed by atoms with Gasteiger partial charge in [-0.3, -0.25) is 4.79 Å². The van der Waals surface area contributed by atoms with Crippen LogP contribution in [-0.2, 0) is 4.79 Å². The second-order valence-corrected chi connectivity index (χ2v) is 3.68. The van der Waals surface area contributed by atoms with Crippen LogP contribution in [0.25, 0.3) is 0 Å². The van der Waals surface area contributed by atoms with Gasteiger partial charge in [0.05, 0.1) is 5.38 Å². The Kier molecular flexibility index (Phi) is 4.02. The largest absolute Gasteiger partial charge is 0.308 e. The van der Waals surface area contributed by atoms with E-state index >= 15 is 0 Å². The lowest BCUT2D eigenvalue weighted by molar-refractivity contribution is -0.115. The summed E-state index contributed by atoms with van der Waals surface area (Å²) in [5.74, 6) is 1.38. The molecule has 66 valence electrons. The van der Waals surface area contributed by atoms with E-state index in [1.807, 2.05) is 6.26 Å². The maximum Gasteiger partial charge on any atom is 0.226 e. The lowest BCUT2D eigenvalue weighted by atomic mass is 10.4. The molecule has 1 amide bonds. The molecular formula is C6H9N3OS2. The number of carbonyl (C=O) groups excluding carboxylic acids is 1. The van der Waals surface area contributed by atoms with Crippen LogP contribution in [0.2, 0.25) is 0 Å². The number of rotatable bonds is 4. The molecule has 0 radical (unpaired) electrons. The SMILES string of the molecule is CSCCC(=O)Nc1csnn1. The van der Waals surface area contributed by atoms with E-state index in [-0.39, 0.29) is 5.91 Å². The Labute approximate surface area is 78.9 Å². The van der Waals surface area contributed by atoms with Crippen molar-refractivity contribution in [3.8, 4) is 0 Å². The molecule has 0 saturated carbocycles. The minimum absolute atomic E-state index is 0.00273. The van der Waals surface area contributed by atoms with Crippen molar-refractivity contribution in [3.63, 3.8) is 0 Å². The summed E-state index contributed by atoms with van der Waals surface area (Å²) in [5, 5.41) is 8.04. The molecule has 0 aliphatic heterocycles. The quantitative estimate of drug-likeness (QED) is 0.799. The predicted octanol–water partition coefficient (Wildman–Crippen LogP) is 1.23. The fraction of sp³-hybridized carbons (Fsp3) is 0.500. The summed E-state index contributed by atoms with van der Waals surface area (Å²) in [6.45, 7) is 0. The molecule has 0 aliphatic rings. The van der Waals surface area contributed by atoms with Gasteiger partial charge in [0.25, 0.3) is 0 Å². The minimum atomic E-state index is -0.00273. The molecule has 0 fully saturated rings. The summed E-state index contributed by atoms with van der Waals surface area (Å²) in [6.07, 6.45) is 2.50. The molecule has 1 heterocycles.